The summed E-state index contributed by atoms with van der Waals surface area (Å²) in [5, 5.41) is 0.808. The van der Waals surface area contributed by atoms with Crippen LogP contribution in [0.4, 0.5) is 0 Å². The van der Waals surface area contributed by atoms with Crippen molar-refractivity contribution in [2.75, 3.05) is 0 Å². The second-order valence-corrected chi connectivity index (χ2v) is 5.62. The van der Waals surface area contributed by atoms with Crippen LogP contribution >= 0.6 is 15.9 Å². The monoisotopic (exact) mass is 357 g/mol. The number of nitrogens with zero attached hydrogens (tertiary/aromatic N) is 1. The third kappa shape index (κ3) is 2.44. The fraction of sp³-hybridized carbons (Fsp3) is 0.0588. The standard InChI is InChI=1S/C17H12BrNO3/c1-2-15(11-7-9-12(18)10-8-11)22-19-16(20)13-5-3-4-6-14(13)17(19)21/h2-10H,1H3. The molecule has 1 aliphatic rings. The van der Waals surface area contributed by atoms with E-state index in [1.54, 1.807) is 37.3 Å². The van der Waals surface area contributed by atoms with Crippen molar-refractivity contribution in [3.05, 3.63) is 75.8 Å². The second kappa shape index (κ2) is 5.77. The fourth-order valence-corrected chi connectivity index (χ4v) is 2.50. The van der Waals surface area contributed by atoms with Crippen LogP contribution in [0.25, 0.3) is 5.76 Å². The Morgan fingerprint density at radius 1 is 1.00 bits per heavy atom. The maximum Gasteiger partial charge on any atom is 0.295 e. The van der Waals surface area contributed by atoms with E-state index >= 15 is 0 Å². The summed E-state index contributed by atoms with van der Waals surface area (Å²) < 4.78 is 0.937. The average Bonchev–Trinajstić information content (AvgIpc) is 2.78. The third-order valence-corrected chi connectivity index (χ3v) is 3.87. The van der Waals surface area contributed by atoms with Crippen molar-refractivity contribution in [2.45, 2.75) is 6.92 Å². The number of imide groups is 1. The minimum absolute atomic E-state index is 0.360. The van der Waals surface area contributed by atoms with Crippen molar-refractivity contribution in [3.8, 4) is 0 Å². The normalized spacial score (nSPS) is 14.3. The number of hydrogen-bond donors (Lipinski definition) is 0. The van der Waals surface area contributed by atoms with E-state index in [1.165, 1.54) is 0 Å². The lowest BCUT2D eigenvalue weighted by atomic mass is 10.1. The second-order valence-electron chi connectivity index (χ2n) is 4.70. The zero-order chi connectivity index (χ0) is 15.7. The van der Waals surface area contributed by atoms with Crippen molar-refractivity contribution in [1.82, 2.24) is 5.06 Å². The van der Waals surface area contributed by atoms with Crippen LogP contribution < -0.4 is 0 Å². The van der Waals surface area contributed by atoms with Gasteiger partial charge in [0.1, 0.15) is 0 Å². The molecule has 3 rings (SSSR count). The molecule has 0 radical (unpaired) electrons. The molecular weight excluding hydrogens is 346 g/mol. The van der Waals surface area contributed by atoms with E-state index in [0.29, 0.717) is 16.9 Å². The summed E-state index contributed by atoms with van der Waals surface area (Å²) >= 11 is 3.36. The molecule has 0 atom stereocenters. The predicted molar refractivity (Wildman–Crippen MR) is 85.8 cm³/mol. The van der Waals surface area contributed by atoms with Gasteiger partial charge in [0.05, 0.1) is 11.1 Å². The van der Waals surface area contributed by atoms with Crippen LogP contribution in [0.1, 0.15) is 33.2 Å². The Bertz CT molecular complexity index is 746. The number of hydroxylamine groups is 2. The lowest BCUT2D eigenvalue weighted by Crippen LogP contribution is -2.29. The van der Waals surface area contributed by atoms with Gasteiger partial charge in [-0.1, -0.05) is 45.3 Å². The summed E-state index contributed by atoms with van der Waals surface area (Å²) in [6.45, 7) is 1.79. The number of rotatable bonds is 3. The van der Waals surface area contributed by atoms with Crippen LogP contribution in [0.5, 0.6) is 0 Å². The molecule has 0 bridgehead atoms. The summed E-state index contributed by atoms with van der Waals surface area (Å²) in [4.78, 5) is 30.2. The molecule has 0 aromatic heterocycles. The third-order valence-electron chi connectivity index (χ3n) is 3.34. The number of carbonyl (C=O) groups is 2. The maximum atomic E-state index is 12.3. The molecule has 0 aliphatic carbocycles. The van der Waals surface area contributed by atoms with Gasteiger partial charge in [-0.2, -0.15) is 0 Å². The highest BCUT2D eigenvalue weighted by atomic mass is 79.9. The first kappa shape index (κ1) is 14.5. The van der Waals surface area contributed by atoms with Gasteiger partial charge in [-0.25, -0.2) is 0 Å². The molecule has 22 heavy (non-hydrogen) atoms. The van der Waals surface area contributed by atoms with Crippen LogP contribution in [0.3, 0.4) is 0 Å². The van der Waals surface area contributed by atoms with Gasteiger partial charge in [0.25, 0.3) is 11.8 Å². The van der Waals surface area contributed by atoms with Crippen molar-refractivity contribution in [1.29, 1.82) is 0 Å². The Morgan fingerprint density at radius 2 is 1.55 bits per heavy atom. The summed E-state index contributed by atoms with van der Waals surface area (Å²) in [7, 11) is 0. The minimum Gasteiger partial charge on any atom is -0.368 e. The maximum absolute atomic E-state index is 12.3. The molecule has 5 heteroatoms. The Labute approximate surface area is 136 Å². The van der Waals surface area contributed by atoms with E-state index in [0.717, 1.165) is 15.1 Å². The molecule has 0 saturated carbocycles. The lowest BCUT2D eigenvalue weighted by molar-refractivity contribution is -0.0318. The molecule has 1 aliphatic heterocycles. The van der Waals surface area contributed by atoms with E-state index in [9.17, 15) is 9.59 Å². The predicted octanol–water partition coefficient (Wildman–Crippen LogP) is 4.04. The molecule has 2 aromatic carbocycles. The number of hydrogen-bond acceptors (Lipinski definition) is 3. The first-order valence-corrected chi connectivity index (χ1v) is 7.49. The van der Waals surface area contributed by atoms with E-state index in [-0.39, 0.29) is 0 Å². The molecule has 0 unspecified atom stereocenters. The largest absolute Gasteiger partial charge is 0.368 e. The Morgan fingerprint density at radius 3 is 2.05 bits per heavy atom. The van der Waals surface area contributed by atoms with Crippen LogP contribution in [0.15, 0.2) is 59.1 Å². The van der Waals surface area contributed by atoms with Crippen LogP contribution in [0, 0.1) is 0 Å². The molecule has 0 fully saturated rings. The zero-order valence-corrected chi connectivity index (χ0v) is 13.3. The molecule has 4 nitrogen and oxygen atoms in total. The van der Waals surface area contributed by atoms with Gasteiger partial charge in [-0.3, -0.25) is 9.59 Å². The highest BCUT2D eigenvalue weighted by Crippen LogP contribution is 2.27. The van der Waals surface area contributed by atoms with Crippen LogP contribution in [0.2, 0.25) is 0 Å². The number of benzene rings is 2. The molecule has 0 spiro atoms. The topological polar surface area (TPSA) is 46.6 Å². The van der Waals surface area contributed by atoms with Gasteiger partial charge in [-0.05, 0) is 37.3 Å². The van der Waals surface area contributed by atoms with E-state index in [4.69, 9.17) is 4.84 Å². The van der Waals surface area contributed by atoms with E-state index in [1.807, 2.05) is 24.3 Å². The summed E-state index contributed by atoms with van der Waals surface area (Å²) in [6, 6.07) is 14.1. The quantitative estimate of drug-likeness (QED) is 0.615. The van der Waals surface area contributed by atoms with Gasteiger partial charge in [0.2, 0.25) is 0 Å². The number of carbonyl (C=O) groups excluding carboxylic acids is 2. The number of amides is 2. The molecule has 2 amide bonds. The molecule has 1 heterocycles. The zero-order valence-electron chi connectivity index (χ0n) is 11.7. The highest BCUT2D eigenvalue weighted by Gasteiger charge is 2.37. The molecule has 0 saturated heterocycles. The van der Waals surface area contributed by atoms with Crippen molar-refractivity contribution < 1.29 is 14.4 Å². The van der Waals surface area contributed by atoms with Crippen LogP contribution in [-0.4, -0.2) is 16.9 Å². The summed E-state index contributed by atoms with van der Waals surface area (Å²) in [5.74, 6) is -0.448. The van der Waals surface area contributed by atoms with Crippen molar-refractivity contribution in [3.63, 3.8) is 0 Å². The van der Waals surface area contributed by atoms with Gasteiger partial charge in [0, 0.05) is 10.0 Å². The smallest absolute Gasteiger partial charge is 0.295 e. The highest BCUT2D eigenvalue weighted by molar-refractivity contribution is 9.10. The Kier molecular flexibility index (Phi) is 3.81. The first-order chi connectivity index (χ1) is 10.6. The number of fused-ring (bicyclic) bond motifs is 1. The average molecular weight is 358 g/mol. The van der Waals surface area contributed by atoms with Gasteiger partial charge < -0.3 is 4.84 Å². The molecule has 110 valence electrons. The van der Waals surface area contributed by atoms with Crippen molar-refractivity contribution in [2.24, 2.45) is 0 Å². The Hall–Kier alpha value is -2.40. The van der Waals surface area contributed by atoms with E-state index < -0.39 is 11.8 Å². The number of halogens is 1. The summed E-state index contributed by atoms with van der Waals surface area (Å²) in [5.41, 5.74) is 1.50. The molecular formula is C17H12BrNO3. The fourth-order valence-electron chi connectivity index (χ4n) is 2.23. The van der Waals surface area contributed by atoms with Crippen LogP contribution in [-0.2, 0) is 4.84 Å². The van der Waals surface area contributed by atoms with Gasteiger partial charge in [-0.15, -0.1) is 0 Å². The molecule has 0 N–H and O–H groups in total. The number of allylic oxidation sites excluding steroid dienone is 1. The first-order valence-electron chi connectivity index (χ1n) is 6.70. The Balaban J connectivity index is 1.89. The van der Waals surface area contributed by atoms with Crippen molar-refractivity contribution >= 4 is 33.5 Å². The minimum atomic E-state index is -0.447. The van der Waals surface area contributed by atoms with E-state index in [2.05, 4.69) is 15.9 Å². The molecule has 2 aromatic rings. The lowest BCUT2D eigenvalue weighted by Gasteiger charge is -2.17. The SMILES string of the molecule is CC=C(ON1C(=O)c2ccccc2C1=O)c1ccc(Br)cc1. The van der Waals surface area contributed by atoms with Gasteiger partial charge in [0.15, 0.2) is 5.76 Å². The summed E-state index contributed by atoms with van der Waals surface area (Å²) in [6.07, 6.45) is 1.72. The van der Waals surface area contributed by atoms with Gasteiger partial charge >= 0.3 is 0 Å².